The van der Waals surface area contributed by atoms with Crippen molar-refractivity contribution in [2.24, 2.45) is 11.8 Å². The van der Waals surface area contributed by atoms with Crippen molar-refractivity contribution in [3.8, 4) is 0 Å². The van der Waals surface area contributed by atoms with Crippen molar-refractivity contribution in [2.45, 2.75) is 25.9 Å². The Morgan fingerprint density at radius 2 is 1.18 bits per heavy atom. The smallest absolute Gasteiger partial charge is 0.320 e. The van der Waals surface area contributed by atoms with Crippen LogP contribution in [0.5, 0.6) is 0 Å². The number of hydrogen-bond donors (Lipinski definition) is 0. The Morgan fingerprint density at radius 1 is 0.864 bits per heavy atom. The van der Waals surface area contributed by atoms with Crippen LogP contribution in [0.3, 0.4) is 0 Å². The molecule has 7 nitrogen and oxygen atoms in total. The molecule has 0 saturated carbocycles. The van der Waals surface area contributed by atoms with Gasteiger partial charge in [0, 0.05) is 49.5 Å². The van der Waals surface area contributed by atoms with Gasteiger partial charge in [0.25, 0.3) is 0 Å². The van der Waals surface area contributed by atoms with Gasteiger partial charge in [-0.05, 0) is 13.8 Å². The average Bonchev–Trinajstić information content (AvgIpc) is 2.35. The third-order valence-electron chi connectivity index (χ3n) is 4.74. The van der Waals surface area contributed by atoms with Gasteiger partial charge in [0.2, 0.25) is 0 Å². The van der Waals surface area contributed by atoms with Gasteiger partial charge in [-0.3, -0.25) is 0 Å². The number of amides is 2. The van der Waals surface area contributed by atoms with Gasteiger partial charge in [0.1, 0.15) is 19.7 Å². The van der Waals surface area contributed by atoms with E-state index in [4.69, 9.17) is 0 Å². The van der Waals surface area contributed by atoms with Gasteiger partial charge in [-0.1, -0.05) is 0 Å². The van der Waals surface area contributed by atoms with Gasteiger partial charge < -0.3 is 9.80 Å². The van der Waals surface area contributed by atoms with Crippen molar-refractivity contribution in [1.29, 1.82) is 0 Å². The number of urea groups is 1. The number of hydrogen-bond acceptors (Lipinski definition) is 5. The van der Waals surface area contributed by atoms with Crippen LogP contribution >= 0.6 is 0 Å². The molecule has 0 unspecified atom stereocenters. The minimum Gasteiger partial charge on any atom is -0.321 e. The van der Waals surface area contributed by atoms with Crippen molar-refractivity contribution in [1.82, 2.24) is 9.80 Å². The predicted octanol–water partition coefficient (Wildman–Crippen LogP) is -0.164. The Hall–Kier alpha value is -0.830. The predicted molar refractivity (Wildman–Crippen MR) is 84.1 cm³/mol. The molecule has 0 bridgehead atoms. The highest BCUT2D eigenvalue weighted by Crippen LogP contribution is 2.32. The van der Waals surface area contributed by atoms with Crippen LogP contribution in [0, 0.1) is 11.8 Å². The van der Waals surface area contributed by atoms with E-state index < -0.39 is 19.7 Å². The summed E-state index contributed by atoms with van der Waals surface area (Å²) in [5.41, 5.74) is 0. The summed E-state index contributed by atoms with van der Waals surface area (Å²) in [4.78, 5) is 15.7. The standard InChI is InChI=1S/C13H24N2O5S2/c1-9-11(7-21(3,17)18)5-14(9)13(16)15-6-12(10(15)2)8-22(4,19)20/h9-12H,5-8H2,1-4H3/t9-,10-,11-,12-/m1/s1. The van der Waals surface area contributed by atoms with Crippen LogP contribution in [0.1, 0.15) is 13.8 Å². The minimum atomic E-state index is -3.04. The van der Waals surface area contributed by atoms with E-state index in [1.54, 1.807) is 9.80 Å². The summed E-state index contributed by atoms with van der Waals surface area (Å²) >= 11 is 0. The first-order valence-corrected chi connectivity index (χ1v) is 11.4. The lowest BCUT2D eigenvalue weighted by atomic mass is 9.89. The average molecular weight is 352 g/mol. The molecule has 2 amide bonds. The first-order chi connectivity index (χ1) is 9.89. The normalized spacial score (nSPS) is 32.4. The molecule has 2 aliphatic rings. The van der Waals surface area contributed by atoms with E-state index in [9.17, 15) is 21.6 Å². The second kappa shape index (κ2) is 5.67. The zero-order chi connectivity index (χ0) is 16.9. The van der Waals surface area contributed by atoms with Crippen LogP contribution in [0.4, 0.5) is 4.79 Å². The van der Waals surface area contributed by atoms with Gasteiger partial charge in [0.05, 0.1) is 11.5 Å². The molecule has 2 heterocycles. The fourth-order valence-electron chi connectivity index (χ4n) is 3.21. The number of carbonyl (C=O) groups excluding carboxylic acids is 1. The van der Waals surface area contributed by atoms with Crippen LogP contribution < -0.4 is 0 Å². The third kappa shape index (κ3) is 3.73. The molecule has 2 rings (SSSR count). The zero-order valence-corrected chi connectivity index (χ0v) is 15.0. The molecule has 9 heteroatoms. The van der Waals surface area contributed by atoms with E-state index in [0.29, 0.717) is 13.1 Å². The molecule has 0 aromatic carbocycles. The number of carbonyl (C=O) groups is 1. The second-order valence-corrected chi connectivity index (χ2v) is 11.1. The molecule has 128 valence electrons. The molecule has 4 atom stereocenters. The molecule has 0 aromatic rings. The number of sulfone groups is 2. The monoisotopic (exact) mass is 352 g/mol. The maximum Gasteiger partial charge on any atom is 0.320 e. The van der Waals surface area contributed by atoms with Gasteiger partial charge in [-0.25, -0.2) is 21.6 Å². The van der Waals surface area contributed by atoms with Gasteiger partial charge >= 0.3 is 6.03 Å². The SMILES string of the molecule is C[C@@H]1[C@@H](CS(C)(=O)=O)CN1C(=O)N1C[C@H](CS(C)(=O)=O)[C@H]1C. The summed E-state index contributed by atoms with van der Waals surface area (Å²) in [5.74, 6) is 0.179. The second-order valence-electron chi connectivity index (χ2n) is 6.77. The number of nitrogens with zero attached hydrogens (tertiary/aromatic N) is 2. The molecule has 0 spiro atoms. The lowest BCUT2D eigenvalue weighted by Crippen LogP contribution is -2.68. The van der Waals surface area contributed by atoms with Crippen molar-refractivity contribution in [2.75, 3.05) is 37.1 Å². The molecule has 22 heavy (non-hydrogen) atoms. The Kier molecular flexibility index (Phi) is 4.51. The molecule has 2 aliphatic heterocycles. The van der Waals surface area contributed by atoms with E-state index >= 15 is 0 Å². The van der Waals surface area contributed by atoms with E-state index in [2.05, 4.69) is 0 Å². The lowest BCUT2D eigenvalue weighted by Gasteiger charge is -2.53. The Labute approximate surface area is 132 Å². The van der Waals surface area contributed by atoms with E-state index in [1.807, 2.05) is 13.8 Å². The molecule has 2 fully saturated rings. The van der Waals surface area contributed by atoms with Gasteiger partial charge in [0.15, 0.2) is 0 Å². The molecule has 0 radical (unpaired) electrons. The molecule has 0 aliphatic carbocycles. The summed E-state index contributed by atoms with van der Waals surface area (Å²) < 4.78 is 45.3. The minimum absolute atomic E-state index is 0.0117. The first-order valence-electron chi connectivity index (χ1n) is 7.32. The van der Waals surface area contributed by atoms with E-state index in [0.717, 1.165) is 0 Å². The highest BCUT2D eigenvalue weighted by atomic mass is 32.2. The van der Waals surface area contributed by atoms with Crippen LogP contribution in [0.15, 0.2) is 0 Å². The first kappa shape index (κ1) is 17.5. The molecule has 0 aromatic heterocycles. The topological polar surface area (TPSA) is 91.8 Å². The fourth-order valence-corrected chi connectivity index (χ4v) is 5.53. The van der Waals surface area contributed by atoms with Crippen molar-refractivity contribution >= 4 is 25.7 Å². The largest absolute Gasteiger partial charge is 0.321 e. The molecular weight excluding hydrogens is 328 g/mol. The highest BCUT2D eigenvalue weighted by Gasteiger charge is 2.47. The number of likely N-dealkylation sites (tertiary alicyclic amines) is 2. The summed E-state index contributed by atoms with van der Waals surface area (Å²) in [7, 11) is -6.07. The van der Waals surface area contributed by atoms with E-state index in [-0.39, 0.29) is 41.5 Å². The van der Waals surface area contributed by atoms with Crippen molar-refractivity contribution < 1.29 is 21.6 Å². The van der Waals surface area contributed by atoms with Crippen LogP contribution in [-0.2, 0) is 19.7 Å². The quantitative estimate of drug-likeness (QED) is 0.701. The Morgan fingerprint density at radius 3 is 1.41 bits per heavy atom. The zero-order valence-electron chi connectivity index (χ0n) is 13.4. The summed E-state index contributed by atoms with van der Waals surface area (Å²) in [6.45, 7) is 4.62. The summed E-state index contributed by atoms with van der Waals surface area (Å²) in [5, 5.41) is 0. The highest BCUT2D eigenvalue weighted by molar-refractivity contribution is 7.90. The Bertz CT molecular complexity index is 602. The third-order valence-corrected chi connectivity index (χ3v) is 6.80. The van der Waals surface area contributed by atoms with Crippen molar-refractivity contribution in [3.05, 3.63) is 0 Å². The molecular formula is C13H24N2O5S2. The van der Waals surface area contributed by atoms with Gasteiger partial charge in [-0.15, -0.1) is 0 Å². The lowest BCUT2D eigenvalue weighted by molar-refractivity contribution is 0.00423. The van der Waals surface area contributed by atoms with Gasteiger partial charge in [-0.2, -0.15) is 0 Å². The molecule has 0 N–H and O–H groups in total. The summed E-state index contributed by atoms with van der Waals surface area (Å²) in [6, 6.07) is -0.304. The fraction of sp³-hybridized carbons (Fsp3) is 0.923. The maximum absolute atomic E-state index is 12.4. The maximum atomic E-state index is 12.4. The molecule has 2 saturated heterocycles. The van der Waals surface area contributed by atoms with Crippen LogP contribution in [0.2, 0.25) is 0 Å². The van der Waals surface area contributed by atoms with Crippen molar-refractivity contribution in [3.63, 3.8) is 0 Å². The van der Waals surface area contributed by atoms with E-state index in [1.165, 1.54) is 12.5 Å². The number of rotatable bonds is 4. The van der Waals surface area contributed by atoms with Crippen LogP contribution in [-0.4, -0.2) is 81.9 Å². The Balaban J connectivity index is 1.88. The summed E-state index contributed by atoms with van der Waals surface area (Å²) in [6.07, 6.45) is 2.41. The van der Waals surface area contributed by atoms with Crippen LogP contribution in [0.25, 0.3) is 0 Å².